The predicted molar refractivity (Wildman–Crippen MR) is 72.9 cm³/mol. The van der Waals surface area contributed by atoms with Crippen molar-refractivity contribution in [2.24, 2.45) is 5.16 Å². The molecule has 0 unspecified atom stereocenters. The summed E-state index contributed by atoms with van der Waals surface area (Å²) in [6, 6.07) is 0. The van der Waals surface area contributed by atoms with E-state index in [1.54, 1.807) is 0 Å². The molecule has 0 bridgehead atoms. The molecule has 5 N–H and O–H groups in total. The number of nitrogens with zero attached hydrogens (tertiary/aromatic N) is 1. The largest absolute Gasteiger partial charge is 0.466 e. The van der Waals surface area contributed by atoms with E-state index in [2.05, 4.69) is 9.44 Å². The van der Waals surface area contributed by atoms with Crippen molar-refractivity contribution in [3.8, 4) is 0 Å². The molecule has 0 spiro atoms. The van der Waals surface area contributed by atoms with Crippen LogP contribution in [0.15, 0.2) is 5.16 Å². The van der Waals surface area contributed by atoms with Gasteiger partial charge in [0.2, 0.25) is 0 Å². The SMILES string of the molecule is CC(=NOS(=O)(=O)O)S[C@@H]1O[C@H](CO)[C@@H](O)[C@H](O)[C@H]1O.[K]. The summed E-state index contributed by atoms with van der Waals surface area (Å²) in [7, 11) is -4.74. The molecule has 119 valence electrons. The molecule has 1 aliphatic heterocycles. The summed E-state index contributed by atoms with van der Waals surface area (Å²) in [5.41, 5.74) is -1.11. The Hall–Kier alpha value is 1.17. The zero-order chi connectivity index (χ0) is 15.5. The minimum atomic E-state index is -4.74. The van der Waals surface area contributed by atoms with E-state index in [4.69, 9.17) is 14.4 Å². The van der Waals surface area contributed by atoms with Crippen molar-refractivity contribution in [1.29, 1.82) is 0 Å². The number of hydrogen-bond acceptors (Lipinski definition) is 10. The van der Waals surface area contributed by atoms with E-state index in [0.717, 1.165) is 0 Å². The fraction of sp³-hybridized carbons (Fsp3) is 0.875. The Labute approximate surface area is 167 Å². The minimum absolute atomic E-state index is 0. The first-order chi connectivity index (χ1) is 9.15. The Morgan fingerprint density at radius 1 is 1.29 bits per heavy atom. The van der Waals surface area contributed by atoms with Gasteiger partial charge < -0.3 is 25.2 Å². The standard InChI is InChI=1S/C8H15NO9S2.K/c1-3(9-18-20(14,15)16)19-8-7(13)6(12)5(11)4(2-10)17-8;/h4-8,10-13H,2H2,1H3,(H,14,15,16);/t4-,5-,6+,7-,8+;/m1./s1. The summed E-state index contributed by atoms with van der Waals surface area (Å²) in [6.07, 6.45) is -5.61. The molecule has 10 nitrogen and oxygen atoms in total. The molecule has 1 heterocycles. The Bertz CT molecular complexity index is 457. The van der Waals surface area contributed by atoms with Gasteiger partial charge in [-0.2, -0.15) is 8.42 Å². The van der Waals surface area contributed by atoms with E-state index in [-0.39, 0.29) is 56.4 Å². The van der Waals surface area contributed by atoms with Crippen LogP contribution in [-0.4, -0.2) is 126 Å². The monoisotopic (exact) mass is 372 g/mol. The molecule has 1 radical (unpaired) electrons. The Morgan fingerprint density at radius 2 is 1.86 bits per heavy atom. The first kappa shape index (κ1) is 22.2. The van der Waals surface area contributed by atoms with Gasteiger partial charge in [-0.25, -0.2) is 4.28 Å². The predicted octanol–water partition coefficient (Wildman–Crippen LogP) is -2.71. The fourth-order valence-electron chi connectivity index (χ4n) is 1.45. The van der Waals surface area contributed by atoms with Crippen LogP contribution in [-0.2, 0) is 19.4 Å². The van der Waals surface area contributed by atoms with Gasteiger partial charge in [0, 0.05) is 51.4 Å². The number of aliphatic hydroxyl groups excluding tert-OH is 4. The number of thioether (sulfide) groups is 1. The summed E-state index contributed by atoms with van der Waals surface area (Å²) >= 11 is 0.689. The number of hydrogen-bond donors (Lipinski definition) is 5. The summed E-state index contributed by atoms with van der Waals surface area (Å²) in [6.45, 7) is 0.719. The Morgan fingerprint density at radius 3 is 2.33 bits per heavy atom. The topological polar surface area (TPSA) is 166 Å². The van der Waals surface area contributed by atoms with Crippen molar-refractivity contribution in [3.63, 3.8) is 0 Å². The van der Waals surface area contributed by atoms with Gasteiger partial charge in [-0.1, -0.05) is 16.9 Å². The number of ether oxygens (including phenoxy) is 1. The summed E-state index contributed by atoms with van der Waals surface area (Å²) in [4.78, 5) is 0. The molecular weight excluding hydrogens is 357 g/mol. The Balaban J connectivity index is 0.00000400. The smallest absolute Gasteiger partial charge is 0.394 e. The average molecular weight is 372 g/mol. The van der Waals surface area contributed by atoms with Crippen LogP contribution in [0, 0.1) is 0 Å². The third-order valence-corrected chi connectivity index (χ3v) is 3.70. The quantitative estimate of drug-likeness (QED) is 0.115. The molecule has 5 atom stereocenters. The second-order valence-electron chi connectivity index (χ2n) is 3.93. The van der Waals surface area contributed by atoms with Crippen molar-refractivity contribution in [2.45, 2.75) is 36.8 Å². The van der Waals surface area contributed by atoms with Gasteiger partial charge in [0.25, 0.3) is 0 Å². The molecule has 1 fully saturated rings. The minimum Gasteiger partial charge on any atom is -0.394 e. The fourth-order valence-corrected chi connectivity index (χ4v) is 2.62. The van der Waals surface area contributed by atoms with Crippen LogP contribution >= 0.6 is 11.8 Å². The van der Waals surface area contributed by atoms with Gasteiger partial charge in [-0.15, -0.1) is 0 Å². The van der Waals surface area contributed by atoms with Crippen LogP contribution < -0.4 is 0 Å². The summed E-state index contributed by atoms with van der Waals surface area (Å²) in [5.74, 6) is 0. The molecule has 0 aliphatic carbocycles. The molecule has 0 aromatic rings. The maximum atomic E-state index is 10.3. The molecule has 1 saturated heterocycles. The van der Waals surface area contributed by atoms with Crippen molar-refractivity contribution in [3.05, 3.63) is 0 Å². The zero-order valence-corrected chi connectivity index (χ0v) is 16.0. The number of rotatable bonds is 4. The van der Waals surface area contributed by atoms with Crippen molar-refractivity contribution in [1.82, 2.24) is 0 Å². The average Bonchev–Trinajstić information content (AvgIpc) is 2.36. The van der Waals surface area contributed by atoms with Crippen LogP contribution in [0.5, 0.6) is 0 Å². The van der Waals surface area contributed by atoms with E-state index in [1.807, 2.05) is 0 Å². The molecular formula is C8H15KNO9S2. The Kier molecular flexibility index (Phi) is 9.98. The van der Waals surface area contributed by atoms with E-state index >= 15 is 0 Å². The number of aliphatic hydroxyl groups is 4. The van der Waals surface area contributed by atoms with E-state index in [1.165, 1.54) is 6.92 Å². The first-order valence-electron chi connectivity index (χ1n) is 5.33. The van der Waals surface area contributed by atoms with Gasteiger partial charge in [-0.3, -0.25) is 4.55 Å². The van der Waals surface area contributed by atoms with Gasteiger partial charge in [0.1, 0.15) is 34.9 Å². The van der Waals surface area contributed by atoms with Crippen LogP contribution in [0.25, 0.3) is 0 Å². The van der Waals surface area contributed by atoms with Crippen molar-refractivity contribution in [2.75, 3.05) is 6.61 Å². The van der Waals surface area contributed by atoms with Crippen molar-refractivity contribution < 1.29 is 42.4 Å². The molecule has 21 heavy (non-hydrogen) atoms. The third kappa shape index (κ3) is 7.07. The normalized spacial score (nSPS) is 34.2. The van der Waals surface area contributed by atoms with Crippen LogP contribution in [0.4, 0.5) is 0 Å². The second kappa shape index (κ2) is 9.46. The second-order valence-corrected chi connectivity index (χ2v) is 6.22. The first-order valence-corrected chi connectivity index (χ1v) is 7.58. The molecule has 1 aliphatic rings. The summed E-state index contributed by atoms with van der Waals surface area (Å²) in [5, 5.41) is 40.8. The van der Waals surface area contributed by atoms with E-state index < -0.39 is 46.9 Å². The van der Waals surface area contributed by atoms with Crippen LogP contribution in [0.2, 0.25) is 0 Å². The van der Waals surface area contributed by atoms with Gasteiger partial charge >= 0.3 is 10.4 Å². The van der Waals surface area contributed by atoms with Crippen LogP contribution in [0.3, 0.4) is 0 Å². The molecule has 0 aromatic carbocycles. The van der Waals surface area contributed by atoms with Gasteiger partial charge in [0.05, 0.1) is 6.61 Å². The third-order valence-electron chi connectivity index (χ3n) is 2.40. The number of oxime groups is 1. The van der Waals surface area contributed by atoms with Gasteiger partial charge in [0.15, 0.2) is 0 Å². The summed E-state index contributed by atoms with van der Waals surface area (Å²) < 4.78 is 37.9. The van der Waals surface area contributed by atoms with Crippen LogP contribution in [0.1, 0.15) is 6.92 Å². The van der Waals surface area contributed by atoms with Gasteiger partial charge in [-0.05, 0) is 6.92 Å². The zero-order valence-electron chi connectivity index (χ0n) is 11.2. The maximum absolute atomic E-state index is 10.3. The molecule has 1 rings (SSSR count). The van der Waals surface area contributed by atoms with E-state index in [0.29, 0.717) is 11.8 Å². The molecule has 13 heteroatoms. The van der Waals surface area contributed by atoms with Crippen molar-refractivity contribution >= 4 is 78.6 Å². The molecule has 0 aromatic heterocycles. The molecule has 0 amide bonds. The maximum Gasteiger partial charge on any atom is 0.466 e. The molecule has 0 saturated carbocycles. The van der Waals surface area contributed by atoms with E-state index in [9.17, 15) is 23.7 Å².